The van der Waals surface area contributed by atoms with Crippen molar-refractivity contribution in [2.75, 3.05) is 39.3 Å². The molecule has 2 aliphatic rings. The van der Waals surface area contributed by atoms with E-state index in [0.717, 1.165) is 31.2 Å². The van der Waals surface area contributed by atoms with Crippen LogP contribution in [0.25, 0.3) is 0 Å². The van der Waals surface area contributed by atoms with Gasteiger partial charge in [-0.3, -0.25) is 4.90 Å². The Hall–Kier alpha value is -1.35. The highest BCUT2D eigenvalue weighted by molar-refractivity contribution is 7.86. The van der Waals surface area contributed by atoms with E-state index in [1.165, 1.54) is 0 Å². The molecule has 0 amide bonds. The quantitative estimate of drug-likeness (QED) is 0.725. The Labute approximate surface area is 175 Å². The average molecular weight is 426 g/mol. The lowest BCUT2D eigenvalue weighted by molar-refractivity contribution is 0.173. The van der Waals surface area contributed by atoms with Crippen LogP contribution in [0.3, 0.4) is 0 Å². The smallest absolute Gasteiger partial charge is 0.282 e. The number of phenolic OH excluding ortho intramolecular Hbond substituents is 2. The lowest BCUT2D eigenvalue weighted by Crippen LogP contribution is -2.52. The van der Waals surface area contributed by atoms with Gasteiger partial charge in [-0.1, -0.05) is 39.7 Å². The van der Waals surface area contributed by atoms with Crippen molar-refractivity contribution in [2.24, 2.45) is 0 Å². The zero-order valence-corrected chi connectivity index (χ0v) is 18.7. The van der Waals surface area contributed by atoms with E-state index in [0.29, 0.717) is 51.4 Å². The van der Waals surface area contributed by atoms with Crippen molar-refractivity contribution in [3.8, 4) is 11.5 Å². The Morgan fingerprint density at radius 1 is 0.862 bits per heavy atom. The van der Waals surface area contributed by atoms with Crippen molar-refractivity contribution < 1.29 is 18.6 Å². The molecule has 2 aliphatic heterocycles. The first-order valence-electron chi connectivity index (χ1n) is 10.6. The molecule has 1 aromatic carbocycles. The standard InChI is InChI=1S/C21H35N3O4S/c1-21(2,3)18-14-17(20(26)19(25)15-18)16-22-10-12-24(13-11-22)29(27,28)23-8-6-4-5-7-9-23/h14-15,25-26H,4-13,16H2,1-3H3. The zero-order valence-electron chi connectivity index (χ0n) is 17.9. The maximum atomic E-state index is 13.0. The molecule has 0 radical (unpaired) electrons. The largest absolute Gasteiger partial charge is 0.504 e. The summed E-state index contributed by atoms with van der Waals surface area (Å²) in [5.41, 5.74) is 1.50. The first-order valence-corrected chi connectivity index (χ1v) is 12.0. The third-order valence-corrected chi connectivity index (χ3v) is 8.01. The Morgan fingerprint density at radius 2 is 1.41 bits per heavy atom. The number of hydrogen-bond acceptors (Lipinski definition) is 5. The molecule has 0 aliphatic carbocycles. The number of nitrogens with zero attached hydrogens (tertiary/aromatic N) is 3. The monoisotopic (exact) mass is 425 g/mol. The molecule has 8 heteroatoms. The summed E-state index contributed by atoms with van der Waals surface area (Å²) >= 11 is 0. The summed E-state index contributed by atoms with van der Waals surface area (Å²) in [5, 5.41) is 20.4. The Morgan fingerprint density at radius 3 is 1.97 bits per heavy atom. The van der Waals surface area contributed by atoms with Gasteiger partial charge in [0.05, 0.1) is 0 Å². The van der Waals surface area contributed by atoms with Crippen molar-refractivity contribution in [2.45, 2.75) is 58.4 Å². The molecule has 7 nitrogen and oxygen atoms in total. The van der Waals surface area contributed by atoms with Crippen LogP contribution in [-0.4, -0.2) is 71.4 Å². The molecule has 0 atom stereocenters. The van der Waals surface area contributed by atoms with Gasteiger partial charge in [0.2, 0.25) is 0 Å². The van der Waals surface area contributed by atoms with Gasteiger partial charge in [0.25, 0.3) is 10.2 Å². The molecule has 2 heterocycles. The average Bonchev–Trinajstić information content (AvgIpc) is 2.95. The SMILES string of the molecule is CC(C)(C)c1cc(O)c(O)c(CN2CCN(S(=O)(=O)N3CCCCCC3)CC2)c1. The lowest BCUT2D eigenvalue weighted by Gasteiger charge is -2.36. The van der Waals surface area contributed by atoms with Crippen LogP contribution < -0.4 is 0 Å². The second kappa shape index (κ2) is 8.79. The first-order chi connectivity index (χ1) is 13.6. The zero-order chi connectivity index (χ0) is 21.2. The lowest BCUT2D eigenvalue weighted by atomic mass is 9.85. The molecule has 0 saturated carbocycles. The van der Waals surface area contributed by atoms with Crippen molar-refractivity contribution in [3.05, 3.63) is 23.3 Å². The molecular weight excluding hydrogens is 390 g/mol. The van der Waals surface area contributed by atoms with E-state index in [-0.39, 0.29) is 16.9 Å². The van der Waals surface area contributed by atoms with Gasteiger partial charge in [0.15, 0.2) is 11.5 Å². The predicted octanol–water partition coefficient (Wildman–Crippen LogP) is 2.63. The first kappa shape index (κ1) is 22.3. The van der Waals surface area contributed by atoms with Crippen molar-refractivity contribution in [3.63, 3.8) is 0 Å². The van der Waals surface area contributed by atoms with Crippen LogP contribution in [0.5, 0.6) is 11.5 Å². The van der Waals surface area contributed by atoms with Gasteiger partial charge >= 0.3 is 0 Å². The number of piperazine rings is 1. The van der Waals surface area contributed by atoms with E-state index in [1.807, 2.05) is 6.07 Å². The van der Waals surface area contributed by atoms with Gasteiger partial charge in [-0.2, -0.15) is 17.0 Å². The number of phenols is 2. The molecule has 164 valence electrons. The van der Waals surface area contributed by atoms with E-state index >= 15 is 0 Å². The minimum absolute atomic E-state index is 0.0855. The highest BCUT2D eigenvalue weighted by Crippen LogP contribution is 2.36. The maximum Gasteiger partial charge on any atom is 0.282 e. The van der Waals surface area contributed by atoms with Crippen molar-refractivity contribution in [1.29, 1.82) is 0 Å². The highest BCUT2D eigenvalue weighted by Gasteiger charge is 2.32. The molecule has 2 N–H and O–H groups in total. The molecule has 0 aromatic heterocycles. The predicted molar refractivity (Wildman–Crippen MR) is 114 cm³/mol. The topological polar surface area (TPSA) is 84.3 Å². The molecule has 0 unspecified atom stereocenters. The van der Waals surface area contributed by atoms with Crippen LogP contribution in [0, 0.1) is 0 Å². The van der Waals surface area contributed by atoms with Gasteiger partial charge in [-0.15, -0.1) is 0 Å². The number of hydrogen-bond donors (Lipinski definition) is 2. The van der Waals surface area contributed by atoms with Gasteiger partial charge < -0.3 is 10.2 Å². The summed E-state index contributed by atoms with van der Waals surface area (Å²) in [7, 11) is -3.40. The summed E-state index contributed by atoms with van der Waals surface area (Å²) < 4.78 is 29.2. The van der Waals surface area contributed by atoms with Crippen LogP contribution in [-0.2, 0) is 22.2 Å². The summed E-state index contributed by atoms with van der Waals surface area (Å²) in [6.45, 7) is 10.0. The molecule has 0 spiro atoms. The highest BCUT2D eigenvalue weighted by atomic mass is 32.2. The van der Waals surface area contributed by atoms with Crippen molar-refractivity contribution in [1.82, 2.24) is 13.5 Å². The normalized spacial score (nSPS) is 21.2. The van der Waals surface area contributed by atoms with Crippen LogP contribution in [0.2, 0.25) is 0 Å². The number of rotatable bonds is 4. The van der Waals surface area contributed by atoms with Crippen molar-refractivity contribution >= 4 is 10.2 Å². The van der Waals surface area contributed by atoms with Crippen LogP contribution in [0.1, 0.15) is 57.6 Å². The molecule has 2 fully saturated rings. The fourth-order valence-corrected chi connectivity index (χ4v) is 5.70. The molecular formula is C21H35N3O4S. The van der Waals surface area contributed by atoms with E-state index < -0.39 is 10.2 Å². The minimum atomic E-state index is -3.40. The molecule has 1 aromatic rings. The minimum Gasteiger partial charge on any atom is -0.504 e. The summed E-state index contributed by atoms with van der Waals surface area (Å²) in [5.74, 6) is -0.188. The second-order valence-electron chi connectivity index (χ2n) is 9.25. The Kier molecular flexibility index (Phi) is 6.77. The van der Waals surface area contributed by atoms with Gasteiger partial charge in [0.1, 0.15) is 0 Å². The van der Waals surface area contributed by atoms with Gasteiger partial charge in [-0.05, 0) is 29.9 Å². The van der Waals surface area contributed by atoms with E-state index in [4.69, 9.17) is 0 Å². The Balaban J connectivity index is 1.65. The van der Waals surface area contributed by atoms with Crippen LogP contribution >= 0.6 is 0 Å². The Bertz CT molecular complexity index is 804. The third-order valence-electron chi connectivity index (χ3n) is 5.98. The van der Waals surface area contributed by atoms with Crippen LogP contribution in [0.4, 0.5) is 0 Å². The summed E-state index contributed by atoms with van der Waals surface area (Å²) in [6.07, 6.45) is 4.08. The van der Waals surface area contributed by atoms with Crippen LogP contribution in [0.15, 0.2) is 12.1 Å². The summed E-state index contributed by atoms with van der Waals surface area (Å²) in [4.78, 5) is 2.13. The van der Waals surface area contributed by atoms with E-state index in [1.54, 1.807) is 14.7 Å². The molecule has 3 rings (SSSR count). The van der Waals surface area contributed by atoms with Gasteiger partial charge in [-0.25, -0.2) is 0 Å². The summed E-state index contributed by atoms with van der Waals surface area (Å²) in [6, 6.07) is 3.56. The molecule has 29 heavy (non-hydrogen) atoms. The number of benzene rings is 1. The van der Waals surface area contributed by atoms with E-state index in [9.17, 15) is 18.6 Å². The number of aromatic hydroxyl groups is 2. The van der Waals surface area contributed by atoms with Gasteiger partial charge in [0, 0.05) is 51.4 Å². The third kappa shape index (κ3) is 5.23. The molecule has 2 saturated heterocycles. The fourth-order valence-electron chi connectivity index (χ4n) is 4.03. The molecule has 0 bridgehead atoms. The fraction of sp³-hybridized carbons (Fsp3) is 0.714. The second-order valence-corrected chi connectivity index (χ2v) is 11.2. The maximum absolute atomic E-state index is 13.0. The van der Waals surface area contributed by atoms with E-state index in [2.05, 4.69) is 25.7 Å².